The number of sulfonamides is 1. The molecule has 5 nitrogen and oxygen atoms in total. The van der Waals surface area contributed by atoms with E-state index < -0.39 is 22.4 Å². The number of hydrogen-bond donors (Lipinski definition) is 2. The number of rotatable bonds is 3. The summed E-state index contributed by atoms with van der Waals surface area (Å²) in [6.45, 7) is -0.703. The van der Waals surface area contributed by atoms with Gasteiger partial charge < -0.3 is 5.11 Å². The van der Waals surface area contributed by atoms with Gasteiger partial charge in [0.15, 0.2) is 5.78 Å². The van der Waals surface area contributed by atoms with Gasteiger partial charge in [-0.3, -0.25) is 4.79 Å². The Hall–Kier alpha value is -0.950. The minimum absolute atomic E-state index is 0.0472. The number of Topliss-reactive ketones (excluding diaryl/α,β-unsaturated/α-hetero) is 1. The van der Waals surface area contributed by atoms with E-state index >= 15 is 0 Å². The summed E-state index contributed by atoms with van der Waals surface area (Å²) in [4.78, 5) is 10.7. The van der Waals surface area contributed by atoms with E-state index in [-0.39, 0.29) is 15.5 Å². The first kappa shape index (κ1) is 12.1. The molecule has 0 unspecified atom stereocenters. The van der Waals surface area contributed by atoms with Gasteiger partial charge in [-0.2, -0.15) is 0 Å². The van der Waals surface area contributed by atoms with E-state index in [1.165, 1.54) is 12.1 Å². The van der Waals surface area contributed by atoms with Crippen molar-refractivity contribution in [3.05, 3.63) is 28.8 Å². The smallest absolute Gasteiger partial charge is 0.239 e. The first-order valence-corrected chi connectivity index (χ1v) is 5.75. The van der Waals surface area contributed by atoms with Crippen molar-refractivity contribution in [2.75, 3.05) is 6.61 Å². The van der Waals surface area contributed by atoms with Gasteiger partial charge in [-0.05, 0) is 18.2 Å². The van der Waals surface area contributed by atoms with Crippen LogP contribution in [0.15, 0.2) is 23.1 Å². The van der Waals surface area contributed by atoms with Crippen molar-refractivity contribution in [3.8, 4) is 0 Å². The highest BCUT2D eigenvalue weighted by molar-refractivity contribution is 7.89. The van der Waals surface area contributed by atoms with Crippen molar-refractivity contribution in [3.63, 3.8) is 0 Å². The maximum atomic E-state index is 11.1. The van der Waals surface area contributed by atoms with E-state index in [1.54, 1.807) is 0 Å². The molecule has 0 saturated heterocycles. The highest BCUT2D eigenvalue weighted by atomic mass is 35.5. The molecule has 0 saturated carbocycles. The molecule has 0 atom stereocenters. The number of aliphatic hydroxyl groups excluding tert-OH is 1. The molecule has 0 radical (unpaired) electrons. The predicted octanol–water partition coefficient (Wildman–Crippen LogP) is 0.162. The van der Waals surface area contributed by atoms with Crippen molar-refractivity contribution in [2.24, 2.45) is 5.14 Å². The second kappa shape index (κ2) is 4.28. The second-order valence-electron chi connectivity index (χ2n) is 2.77. The highest BCUT2D eigenvalue weighted by Gasteiger charge is 2.15. The van der Waals surface area contributed by atoms with Gasteiger partial charge in [0.05, 0.1) is 5.02 Å². The lowest BCUT2D eigenvalue weighted by molar-refractivity contribution is 0.0903. The molecule has 1 aromatic rings. The van der Waals surface area contributed by atoms with Gasteiger partial charge in [0, 0.05) is 5.56 Å². The molecule has 7 heteroatoms. The normalized spacial score (nSPS) is 11.4. The maximum absolute atomic E-state index is 11.1. The first-order chi connectivity index (χ1) is 6.86. The third-order valence-electron chi connectivity index (χ3n) is 1.70. The van der Waals surface area contributed by atoms with Crippen LogP contribution in [-0.2, 0) is 10.0 Å². The summed E-state index contributed by atoms with van der Waals surface area (Å²) in [5.41, 5.74) is 0.0472. The molecule has 1 aromatic carbocycles. The van der Waals surface area contributed by atoms with Crippen molar-refractivity contribution in [2.45, 2.75) is 4.90 Å². The number of carbonyl (C=O) groups excluding carboxylic acids is 1. The fourth-order valence-electron chi connectivity index (χ4n) is 0.986. The fraction of sp³-hybridized carbons (Fsp3) is 0.125. The van der Waals surface area contributed by atoms with E-state index in [1.807, 2.05) is 0 Å². The van der Waals surface area contributed by atoms with Crippen LogP contribution in [-0.4, -0.2) is 25.9 Å². The lowest BCUT2D eigenvalue weighted by Gasteiger charge is -2.03. The monoisotopic (exact) mass is 249 g/mol. The van der Waals surface area contributed by atoms with E-state index in [0.29, 0.717) is 0 Å². The molecule has 0 fully saturated rings. The third-order valence-corrected chi connectivity index (χ3v) is 3.10. The SMILES string of the molecule is NS(=O)(=O)c1cc(C(=O)CO)ccc1Cl. The molecule has 1 rings (SSSR count). The van der Waals surface area contributed by atoms with Crippen LogP contribution < -0.4 is 5.14 Å². The number of carbonyl (C=O) groups is 1. The molecule has 0 bridgehead atoms. The van der Waals surface area contributed by atoms with Crippen molar-refractivity contribution < 1.29 is 18.3 Å². The molecule has 0 spiro atoms. The number of benzene rings is 1. The maximum Gasteiger partial charge on any atom is 0.239 e. The van der Waals surface area contributed by atoms with Crippen LogP contribution in [0.1, 0.15) is 10.4 Å². The molecule has 15 heavy (non-hydrogen) atoms. The largest absolute Gasteiger partial charge is 0.388 e. The summed E-state index contributed by atoms with van der Waals surface area (Å²) in [5, 5.41) is 13.4. The number of halogens is 1. The van der Waals surface area contributed by atoms with E-state index in [4.69, 9.17) is 21.8 Å². The topological polar surface area (TPSA) is 97.5 Å². The molecule has 0 aliphatic rings. The van der Waals surface area contributed by atoms with Gasteiger partial charge in [0.1, 0.15) is 11.5 Å². The molecule has 82 valence electrons. The Labute approximate surface area is 91.5 Å². The number of primary sulfonamides is 1. The molecule has 0 heterocycles. The third kappa shape index (κ3) is 2.75. The number of aliphatic hydroxyl groups is 1. The summed E-state index contributed by atoms with van der Waals surface area (Å²) in [7, 11) is -3.96. The zero-order valence-corrected chi connectivity index (χ0v) is 9.05. The van der Waals surface area contributed by atoms with Crippen LogP contribution in [0.2, 0.25) is 5.02 Å². The number of nitrogens with two attached hydrogens (primary N) is 1. The lowest BCUT2D eigenvalue weighted by atomic mass is 10.1. The van der Waals surface area contributed by atoms with Crippen molar-refractivity contribution >= 4 is 27.4 Å². The van der Waals surface area contributed by atoms with Crippen LogP contribution in [0.4, 0.5) is 0 Å². The zero-order chi connectivity index (χ0) is 11.6. The van der Waals surface area contributed by atoms with E-state index in [0.717, 1.165) is 6.07 Å². The zero-order valence-electron chi connectivity index (χ0n) is 7.47. The summed E-state index contributed by atoms with van der Waals surface area (Å²) >= 11 is 5.60. The Balaban J connectivity index is 3.36. The first-order valence-electron chi connectivity index (χ1n) is 3.82. The Morgan fingerprint density at radius 1 is 1.47 bits per heavy atom. The summed E-state index contributed by atoms with van der Waals surface area (Å²) in [6, 6.07) is 3.59. The number of hydrogen-bond acceptors (Lipinski definition) is 4. The Morgan fingerprint density at radius 3 is 2.53 bits per heavy atom. The standard InChI is InChI=1S/C8H8ClNO4S/c9-6-2-1-5(7(12)4-11)3-8(6)15(10,13)14/h1-3,11H,4H2,(H2,10,13,14). The van der Waals surface area contributed by atoms with E-state index in [9.17, 15) is 13.2 Å². The molecule has 0 aliphatic carbocycles. The van der Waals surface area contributed by atoms with Gasteiger partial charge in [-0.15, -0.1) is 0 Å². The van der Waals surface area contributed by atoms with Gasteiger partial charge in [0.2, 0.25) is 10.0 Å². The fourth-order valence-corrected chi connectivity index (χ4v) is 2.06. The van der Waals surface area contributed by atoms with Crippen LogP contribution >= 0.6 is 11.6 Å². The van der Waals surface area contributed by atoms with Gasteiger partial charge in [0.25, 0.3) is 0 Å². The van der Waals surface area contributed by atoms with Gasteiger partial charge in [-0.25, -0.2) is 13.6 Å². The summed E-state index contributed by atoms with van der Waals surface area (Å²) < 4.78 is 22.1. The van der Waals surface area contributed by atoms with Crippen LogP contribution in [0.5, 0.6) is 0 Å². The Morgan fingerprint density at radius 2 is 2.07 bits per heavy atom. The van der Waals surface area contributed by atoms with E-state index in [2.05, 4.69) is 0 Å². The minimum atomic E-state index is -3.96. The molecule has 0 aliphatic heterocycles. The molecule has 3 N–H and O–H groups in total. The highest BCUT2D eigenvalue weighted by Crippen LogP contribution is 2.21. The molecular formula is C8H8ClNO4S. The Bertz CT molecular complexity index is 497. The lowest BCUT2D eigenvalue weighted by Crippen LogP contribution is -2.14. The summed E-state index contributed by atoms with van der Waals surface area (Å²) in [6.07, 6.45) is 0. The molecule has 0 aromatic heterocycles. The van der Waals surface area contributed by atoms with Crippen LogP contribution in [0, 0.1) is 0 Å². The van der Waals surface area contributed by atoms with Crippen molar-refractivity contribution in [1.29, 1.82) is 0 Å². The molecule has 0 amide bonds. The average molecular weight is 250 g/mol. The minimum Gasteiger partial charge on any atom is -0.388 e. The van der Waals surface area contributed by atoms with Crippen LogP contribution in [0.25, 0.3) is 0 Å². The van der Waals surface area contributed by atoms with Crippen LogP contribution in [0.3, 0.4) is 0 Å². The average Bonchev–Trinajstić information content (AvgIpc) is 2.15. The quantitative estimate of drug-likeness (QED) is 0.746. The predicted molar refractivity (Wildman–Crippen MR) is 54.2 cm³/mol. The van der Waals surface area contributed by atoms with Crippen molar-refractivity contribution in [1.82, 2.24) is 0 Å². The second-order valence-corrected chi connectivity index (χ2v) is 4.71. The molecular weight excluding hydrogens is 242 g/mol. The van der Waals surface area contributed by atoms with Gasteiger partial charge >= 0.3 is 0 Å². The van der Waals surface area contributed by atoms with Gasteiger partial charge in [-0.1, -0.05) is 11.6 Å². The summed E-state index contributed by atoms with van der Waals surface area (Å²) in [5.74, 6) is -0.600. The Kier molecular flexibility index (Phi) is 3.46. The number of ketones is 1.